The third-order valence-corrected chi connectivity index (χ3v) is 6.36. The van der Waals surface area contributed by atoms with Gasteiger partial charge in [-0.05, 0) is 0 Å². The fourth-order valence-electron chi connectivity index (χ4n) is 1.76. The lowest BCUT2D eigenvalue weighted by Crippen LogP contribution is -2.34. The minimum atomic E-state index is -2.72. The molecule has 6 nitrogen and oxygen atoms in total. The number of carbonyl (C=O) groups is 1. The van der Waals surface area contributed by atoms with Gasteiger partial charge in [0.15, 0.2) is 0 Å². The van der Waals surface area contributed by atoms with Gasteiger partial charge in [0.2, 0.25) is 0 Å². The highest BCUT2D eigenvalue weighted by Gasteiger charge is 2.52. The van der Waals surface area contributed by atoms with Gasteiger partial charge in [-0.25, -0.2) is 14.0 Å². The van der Waals surface area contributed by atoms with E-state index in [9.17, 15) is 9.36 Å². The van der Waals surface area contributed by atoms with Crippen LogP contribution in [0.5, 0.6) is 0 Å². The average molecular weight is 282 g/mol. The molecule has 0 aliphatic carbocycles. The normalized spacial score (nSPS) is 20.6. The number of carbonyl (C=O) groups excluding carboxylic acids is 1. The monoisotopic (exact) mass is 281 g/mol. The molecule has 0 bridgehead atoms. The molecule has 0 atom stereocenters. The van der Waals surface area contributed by atoms with Crippen LogP contribution in [0, 0.1) is 0 Å². The van der Waals surface area contributed by atoms with Crippen LogP contribution in [0.2, 0.25) is 0 Å². The Morgan fingerprint density at radius 2 is 1.88 bits per heavy atom. The van der Waals surface area contributed by atoms with E-state index in [0.29, 0.717) is 12.4 Å². The summed E-state index contributed by atoms with van der Waals surface area (Å²) in [6.45, 7) is 3.78. The Hall–Kier alpha value is -0.130. The number of halogens is 1. The molecule has 0 spiro atoms. The Morgan fingerprint density at radius 3 is 2.24 bits per heavy atom. The summed E-state index contributed by atoms with van der Waals surface area (Å²) in [5.41, 5.74) is 0. The van der Waals surface area contributed by atoms with E-state index in [1.54, 1.807) is 4.67 Å². The van der Waals surface area contributed by atoms with Gasteiger partial charge in [-0.3, -0.25) is 9.36 Å². The average Bonchev–Trinajstić information content (AvgIpc) is 3.19. The highest BCUT2D eigenvalue weighted by atomic mass is 35.5. The van der Waals surface area contributed by atoms with Crippen molar-refractivity contribution in [2.45, 2.75) is 0 Å². The molecule has 0 aromatic carbocycles. The van der Waals surface area contributed by atoms with Gasteiger partial charge in [-0.2, -0.15) is 0 Å². The van der Waals surface area contributed by atoms with E-state index >= 15 is 0 Å². The molecule has 17 heavy (non-hydrogen) atoms. The lowest BCUT2D eigenvalue weighted by atomic mass is 10.6. The molecule has 0 aromatic rings. The highest BCUT2D eigenvalue weighted by Crippen LogP contribution is 2.62. The van der Waals surface area contributed by atoms with Crippen molar-refractivity contribution < 1.29 is 14.1 Å². The fraction of sp³-hybridized carbons (Fsp3) is 0.889. The van der Waals surface area contributed by atoms with Gasteiger partial charge in [0.05, 0.1) is 7.11 Å². The predicted molar refractivity (Wildman–Crippen MR) is 65.1 cm³/mol. The minimum absolute atomic E-state index is 0.0352. The standard InChI is InChI=1S/C9H17ClN3O3P/c1-16-9(14)8-13(3-2-10)17(15,11-4-5-11)12-6-7-12/h2-8H2,1H3. The lowest BCUT2D eigenvalue weighted by molar-refractivity contribution is -0.140. The van der Waals surface area contributed by atoms with Gasteiger partial charge in [-0.1, -0.05) is 0 Å². The summed E-state index contributed by atoms with van der Waals surface area (Å²) in [6, 6.07) is 0. The first-order chi connectivity index (χ1) is 8.12. The van der Waals surface area contributed by atoms with Gasteiger partial charge < -0.3 is 4.74 Å². The van der Waals surface area contributed by atoms with Crippen molar-refractivity contribution >= 4 is 25.2 Å². The van der Waals surface area contributed by atoms with Crippen LogP contribution in [-0.2, 0) is 14.1 Å². The quantitative estimate of drug-likeness (QED) is 0.292. The first kappa shape index (κ1) is 13.3. The summed E-state index contributed by atoms with van der Waals surface area (Å²) >= 11 is 5.73. The van der Waals surface area contributed by atoms with Gasteiger partial charge in [0, 0.05) is 38.6 Å². The molecule has 0 unspecified atom stereocenters. The molecule has 0 radical (unpaired) electrons. The van der Waals surface area contributed by atoms with E-state index in [0.717, 1.165) is 26.2 Å². The van der Waals surface area contributed by atoms with Crippen LogP contribution < -0.4 is 0 Å². The summed E-state index contributed by atoms with van der Waals surface area (Å²) in [7, 11) is -1.39. The second-order valence-electron chi connectivity index (χ2n) is 4.07. The van der Waals surface area contributed by atoms with E-state index in [-0.39, 0.29) is 12.5 Å². The molecule has 0 aromatic heterocycles. The Kier molecular flexibility index (Phi) is 4.10. The van der Waals surface area contributed by atoms with Crippen LogP contribution in [0.4, 0.5) is 0 Å². The molecule has 8 heteroatoms. The lowest BCUT2D eigenvalue weighted by Gasteiger charge is -2.31. The summed E-state index contributed by atoms with van der Waals surface area (Å²) in [6.07, 6.45) is 0. The molecule has 98 valence electrons. The Balaban J connectivity index is 2.11. The number of alkyl halides is 1. The second-order valence-corrected chi connectivity index (χ2v) is 7.18. The smallest absolute Gasteiger partial charge is 0.320 e. The van der Waals surface area contributed by atoms with Crippen molar-refractivity contribution in [3.63, 3.8) is 0 Å². The molecule has 2 rings (SSSR count). The number of ether oxygens (including phenoxy) is 1. The predicted octanol–water partition coefficient (Wildman–Crippen LogP) is 0.439. The number of hydrogen-bond donors (Lipinski definition) is 0. The SMILES string of the molecule is COC(=O)CN(CCCl)P(=O)(N1CC1)N1CC1. The number of nitrogens with zero attached hydrogens (tertiary/aromatic N) is 3. The summed E-state index contributed by atoms with van der Waals surface area (Å²) in [5, 5.41) is 0. The molecule has 2 heterocycles. The van der Waals surface area contributed by atoms with Gasteiger partial charge in [-0.15, -0.1) is 11.6 Å². The van der Waals surface area contributed by atoms with Crippen LogP contribution >= 0.6 is 19.2 Å². The third kappa shape index (κ3) is 2.83. The number of rotatable bonds is 7. The third-order valence-electron chi connectivity index (χ3n) is 2.83. The van der Waals surface area contributed by atoms with Gasteiger partial charge in [0.25, 0.3) is 7.59 Å². The topological polar surface area (TPSA) is 52.6 Å². The highest BCUT2D eigenvalue weighted by molar-refractivity contribution is 7.57. The molecule has 0 N–H and O–H groups in total. The maximum absolute atomic E-state index is 13.0. The van der Waals surface area contributed by atoms with Crippen molar-refractivity contribution in [1.82, 2.24) is 14.0 Å². The summed E-state index contributed by atoms with van der Waals surface area (Å²) in [4.78, 5) is 11.4. The zero-order chi connectivity index (χ0) is 12.5. The van der Waals surface area contributed by atoms with Crippen LogP contribution in [0.15, 0.2) is 0 Å². The Bertz CT molecular complexity index is 330. The molecule has 2 saturated heterocycles. The molecular weight excluding hydrogens is 265 g/mol. The van der Waals surface area contributed by atoms with Crippen LogP contribution in [0.1, 0.15) is 0 Å². The molecule has 2 fully saturated rings. The van der Waals surface area contributed by atoms with E-state index in [4.69, 9.17) is 11.6 Å². The molecule has 0 amide bonds. The first-order valence-corrected chi connectivity index (χ1v) is 7.72. The fourth-order valence-corrected chi connectivity index (χ4v) is 5.04. The molecule has 2 aliphatic rings. The molecular formula is C9H17ClN3O3P. The van der Waals surface area contributed by atoms with E-state index < -0.39 is 7.59 Å². The van der Waals surface area contributed by atoms with Gasteiger partial charge in [0.1, 0.15) is 6.54 Å². The van der Waals surface area contributed by atoms with Crippen LogP contribution in [0.3, 0.4) is 0 Å². The van der Waals surface area contributed by atoms with Crippen LogP contribution in [-0.4, -0.2) is 72.2 Å². The van der Waals surface area contributed by atoms with E-state index in [2.05, 4.69) is 4.74 Å². The zero-order valence-electron chi connectivity index (χ0n) is 9.84. The largest absolute Gasteiger partial charge is 0.468 e. The summed E-state index contributed by atoms with van der Waals surface area (Å²) < 4.78 is 23.1. The zero-order valence-corrected chi connectivity index (χ0v) is 11.5. The van der Waals surface area contributed by atoms with Crippen molar-refractivity contribution in [2.75, 3.05) is 52.3 Å². The maximum atomic E-state index is 13.0. The summed E-state index contributed by atoms with van der Waals surface area (Å²) in [5.74, 6) is -0.0260. The Labute approximate surface area is 106 Å². The minimum Gasteiger partial charge on any atom is -0.468 e. The molecule has 0 saturated carbocycles. The van der Waals surface area contributed by atoms with Crippen molar-refractivity contribution in [1.29, 1.82) is 0 Å². The second kappa shape index (κ2) is 5.24. The van der Waals surface area contributed by atoms with Crippen molar-refractivity contribution in [2.24, 2.45) is 0 Å². The first-order valence-electron chi connectivity index (χ1n) is 5.62. The number of esters is 1. The Morgan fingerprint density at radius 1 is 1.35 bits per heavy atom. The number of methoxy groups -OCH3 is 1. The molecule has 2 aliphatic heterocycles. The van der Waals surface area contributed by atoms with Crippen molar-refractivity contribution in [3.05, 3.63) is 0 Å². The van der Waals surface area contributed by atoms with E-state index in [1.165, 1.54) is 7.11 Å². The van der Waals surface area contributed by atoms with Crippen LogP contribution in [0.25, 0.3) is 0 Å². The number of hydrogen-bond acceptors (Lipinski definition) is 3. The maximum Gasteiger partial charge on any atom is 0.320 e. The van der Waals surface area contributed by atoms with Crippen molar-refractivity contribution in [3.8, 4) is 0 Å². The van der Waals surface area contributed by atoms with Gasteiger partial charge >= 0.3 is 5.97 Å². The van der Waals surface area contributed by atoms with E-state index in [1.807, 2.05) is 9.34 Å².